The van der Waals surface area contributed by atoms with Gasteiger partial charge < -0.3 is 10.6 Å². The van der Waals surface area contributed by atoms with Gasteiger partial charge in [-0.05, 0) is 36.3 Å². The lowest BCUT2D eigenvalue weighted by Gasteiger charge is -2.11. The molecule has 1 fully saturated rings. The largest absolute Gasteiger partial charge is 0.369 e. The monoisotopic (exact) mass is 313 g/mol. The number of amides is 1. The number of hydrogen-bond donors (Lipinski definition) is 2. The van der Waals surface area contributed by atoms with E-state index in [0.29, 0.717) is 22.3 Å². The SMILES string of the molecule is CCCNc1ncc(C(=O)NCC2CCSC2)cc1Cl. The van der Waals surface area contributed by atoms with Crippen molar-refractivity contribution in [3.05, 3.63) is 22.8 Å². The predicted molar refractivity (Wildman–Crippen MR) is 85.8 cm³/mol. The molecule has 4 nitrogen and oxygen atoms in total. The number of nitrogens with zero attached hydrogens (tertiary/aromatic N) is 1. The van der Waals surface area contributed by atoms with Crippen molar-refractivity contribution in [3.63, 3.8) is 0 Å². The number of halogens is 1. The standard InChI is InChI=1S/C14H20ClN3OS/c1-2-4-16-13-12(15)6-11(8-17-13)14(19)18-7-10-3-5-20-9-10/h6,8,10H,2-5,7,9H2,1H3,(H,16,17)(H,18,19). The molecule has 0 radical (unpaired) electrons. The lowest BCUT2D eigenvalue weighted by molar-refractivity contribution is 0.0948. The summed E-state index contributed by atoms with van der Waals surface area (Å²) in [6.07, 6.45) is 3.76. The fourth-order valence-corrected chi connectivity index (χ4v) is 3.54. The van der Waals surface area contributed by atoms with Crippen LogP contribution in [-0.4, -0.2) is 35.5 Å². The highest BCUT2D eigenvalue weighted by Gasteiger charge is 2.17. The minimum atomic E-state index is -0.0988. The van der Waals surface area contributed by atoms with E-state index in [1.165, 1.54) is 12.2 Å². The number of thioether (sulfide) groups is 1. The van der Waals surface area contributed by atoms with Crippen molar-refractivity contribution in [2.45, 2.75) is 19.8 Å². The van der Waals surface area contributed by atoms with Crippen LogP contribution in [0.15, 0.2) is 12.3 Å². The first-order valence-electron chi connectivity index (χ1n) is 6.96. The Bertz CT molecular complexity index is 464. The van der Waals surface area contributed by atoms with Crippen molar-refractivity contribution < 1.29 is 4.79 Å². The second kappa shape index (κ2) is 7.74. The van der Waals surface area contributed by atoms with Crippen LogP contribution in [-0.2, 0) is 0 Å². The highest BCUT2D eigenvalue weighted by molar-refractivity contribution is 7.99. The Hall–Kier alpha value is -0.940. The molecular weight excluding hydrogens is 294 g/mol. The Balaban J connectivity index is 1.90. The average molecular weight is 314 g/mol. The number of aromatic nitrogens is 1. The summed E-state index contributed by atoms with van der Waals surface area (Å²) in [5, 5.41) is 6.58. The van der Waals surface area contributed by atoms with Gasteiger partial charge in [-0.1, -0.05) is 18.5 Å². The van der Waals surface area contributed by atoms with Crippen LogP contribution in [0.4, 0.5) is 5.82 Å². The molecule has 2 N–H and O–H groups in total. The van der Waals surface area contributed by atoms with Crippen molar-refractivity contribution in [2.24, 2.45) is 5.92 Å². The maximum Gasteiger partial charge on any atom is 0.252 e. The Kier molecular flexibility index (Phi) is 5.98. The first kappa shape index (κ1) is 15.4. The molecule has 2 heterocycles. The molecular formula is C14H20ClN3OS. The minimum Gasteiger partial charge on any atom is -0.369 e. The van der Waals surface area contributed by atoms with Crippen LogP contribution in [0.3, 0.4) is 0 Å². The van der Waals surface area contributed by atoms with E-state index >= 15 is 0 Å². The van der Waals surface area contributed by atoms with Crippen LogP contribution >= 0.6 is 23.4 Å². The van der Waals surface area contributed by atoms with Gasteiger partial charge in [-0.15, -0.1) is 0 Å². The average Bonchev–Trinajstić information content (AvgIpc) is 2.96. The molecule has 1 unspecified atom stereocenters. The molecule has 20 heavy (non-hydrogen) atoms. The van der Waals surface area contributed by atoms with Gasteiger partial charge in [0, 0.05) is 19.3 Å². The third-order valence-electron chi connectivity index (χ3n) is 3.22. The molecule has 0 bridgehead atoms. The molecule has 2 rings (SSSR count). The van der Waals surface area contributed by atoms with E-state index in [0.717, 1.165) is 25.3 Å². The molecule has 0 aromatic carbocycles. The lowest BCUT2D eigenvalue weighted by atomic mass is 10.1. The van der Waals surface area contributed by atoms with Gasteiger partial charge in [-0.2, -0.15) is 11.8 Å². The quantitative estimate of drug-likeness (QED) is 0.847. The number of pyridine rings is 1. The van der Waals surface area contributed by atoms with Gasteiger partial charge in [0.15, 0.2) is 0 Å². The molecule has 1 atom stereocenters. The molecule has 1 saturated heterocycles. The van der Waals surface area contributed by atoms with Crippen LogP contribution in [0.25, 0.3) is 0 Å². The van der Waals surface area contributed by atoms with Crippen LogP contribution < -0.4 is 10.6 Å². The summed E-state index contributed by atoms with van der Waals surface area (Å²) < 4.78 is 0. The summed E-state index contributed by atoms with van der Waals surface area (Å²) in [7, 11) is 0. The van der Waals surface area contributed by atoms with E-state index in [9.17, 15) is 4.79 Å². The van der Waals surface area contributed by atoms with Crippen LogP contribution in [0.1, 0.15) is 30.1 Å². The van der Waals surface area contributed by atoms with E-state index in [4.69, 9.17) is 11.6 Å². The number of anilines is 1. The van der Waals surface area contributed by atoms with Crippen molar-refractivity contribution in [1.29, 1.82) is 0 Å². The van der Waals surface area contributed by atoms with Crippen LogP contribution in [0.5, 0.6) is 0 Å². The first-order valence-corrected chi connectivity index (χ1v) is 8.49. The zero-order valence-electron chi connectivity index (χ0n) is 11.6. The van der Waals surface area contributed by atoms with Crippen molar-refractivity contribution in [3.8, 4) is 0 Å². The van der Waals surface area contributed by atoms with Crippen LogP contribution in [0, 0.1) is 5.92 Å². The maximum atomic E-state index is 12.0. The van der Waals surface area contributed by atoms with E-state index in [1.807, 2.05) is 11.8 Å². The van der Waals surface area contributed by atoms with Crippen molar-refractivity contribution in [2.75, 3.05) is 29.9 Å². The smallest absolute Gasteiger partial charge is 0.252 e. The normalized spacial score (nSPS) is 18.0. The molecule has 1 aromatic rings. The summed E-state index contributed by atoms with van der Waals surface area (Å²) in [5.74, 6) is 3.47. The predicted octanol–water partition coefficient (Wildman–Crippen LogP) is 3.04. The Morgan fingerprint density at radius 2 is 2.45 bits per heavy atom. The van der Waals surface area contributed by atoms with Gasteiger partial charge in [0.25, 0.3) is 5.91 Å². The molecule has 1 amide bonds. The molecule has 0 aliphatic carbocycles. The van der Waals surface area contributed by atoms with E-state index in [2.05, 4.69) is 22.5 Å². The number of nitrogens with one attached hydrogen (secondary N) is 2. The first-order chi connectivity index (χ1) is 9.70. The van der Waals surface area contributed by atoms with Crippen LogP contribution in [0.2, 0.25) is 5.02 Å². The highest BCUT2D eigenvalue weighted by Crippen LogP contribution is 2.23. The van der Waals surface area contributed by atoms with Gasteiger partial charge in [-0.3, -0.25) is 4.79 Å². The zero-order chi connectivity index (χ0) is 14.4. The molecule has 110 valence electrons. The van der Waals surface area contributed by atoms with Gasteiger partial charge in [-0.25, -0.2) is 4.98 Å². The summed E-state index contributed by atoms with van der Waals surface area (Å²) in [5.41, 5.74) is 0.516. The van der Waals surface area contributed by atoms with Crippen molar-refractivity contribution >= 4 is 35.1 Å². The fourth-order valence-electron chi connectivity index (χ4n) is 2.02. The fraction of sp³-hybridized carbons (Fsp3) is 0.571. The number of rotatable bonds is 6. The zero-order valence-corrected chi connectivity index (χ0v) is 13.2. The molecule has 1 aliphatic rings. The Morgan fingerprint density at radius 3 is 3.10 bits per heavy atom. The van der Waals surface area contributed by atoms with Gasteiger partial charge in [0.05, 0.1) is 10.6 Å². The van der Waals surface area contributed by atoms with E-state index < -0.39 is 0 Å². The molecule has 0 saturated carbocycles. The second-order valence-electron chi connectivity index (χ2n) is 4.92. The molecule has 1 aromatic heterocycles. The number of carbonyl (C=O) groups excluding carboxylic acids is 1. The summed E-state index contributed by atoms with van der Waals surface area (Å²) in [6, 6.07) is 1.67. The van der Waals surface area contributed by atoms with E-state index in [1.54, 1.807) is 12.3 Å². The Labute approximate surface area is 129 Å². The summed E-state index contributed by atoms with van der Waals surface area (Å²) >= 11 is 8.08. The third kappa shape index (κ3) is 4.28. The van der Waals surface area contributed by atoms with Gasteiger partial charge in [0.1, 0.15) is 5.82 Å². The topological polar surface area (TPSA) is 54.0 Å². The molecule has 1 aliphatic heterocycles. The number of hydrogen-bond acceptors (Lipinski definition) is 4. The molecule has 6 heteroatoms. The minimum absolute atomic E-state index is 0.0988. The van der Waals surface area contributed by atoms with Gasteiger partial charge >= 0.3 is 0 Å². The maximum absolute atomic E-state index is 12.0. The summed E-state index contributed by atoms with van der Waals surface area (Å²) in [4.78, 5) is 16.3. The second-order valence-corrected chi connectivity index (χ2v) is 6.48. The lowest BCUT2D eigenvalue weighted by Crippen LogP contribution is -2.29. The molecule has 0 spiro atoms. The number of carbonyl (C=O) groups is 1. The Morgan fingerprint density at radius 1 is 1.60 bits per heavy atom. The third-order valence-corrected chi connectivity index (χ3v) is 4.74. The summed E-state index contributed by atoms with van der Waals surface area (Å²) in [6.45, 7) is 3.63. The van der Waals surface area contributed by atoms with Gasteiger partial charge in [0.2, 0.25) is 0 Å². The van der Waals surface area contributed by atoms with Crippen molar-refractivity contribution in [1.82, 2.24) is 10.3 Å². The van der Waals surface area contributed by atoms with E-state index in [-0.39, 0.29) is 5.91 Å². The highest BCUT2D eigenvalue weighted by atomic mass is 35.5.